The molecule has 0 amide bonds. The largest absolute Gasteiger partial charge is 0.308 e. The Labute approximate surface area is 326 Å². The predicted molar refractivity (Wildman–Crippen MR) is 233 cm³/mol. The molecule has 0 spiro atoms. The summed E-state index contributed by atoms with van der Waals surface area (Å²) >= 11 is 0. The van der Waals surface area contributed by atoms with E-state index in [1.54, 1.807) is 0 Å². The van der Waals surface area contributed by atoms with Crippen LogP contribution in [0.25, 0.3) is 88.4 Å². The number of pyridine rings is 2. The molecule has 268 valence electrons. The highest BCUT2D eigenvalue weighted by molar-refractivity contribution is 6.14. The Hall–Kier alpha value is -6.78. The molecule has 1 aliphatic rings. The van der Waals surface area contributed by atoms with E-state index in [1.165, 1.54) is 110 Å². The topological polar surface area (TPSA) is 35.6 Å². The molecule has 4 heteroatoms. The summed E-state index contributed by atoms with van der Waals surface area (Å²) in [6.07, 6.45) is 9.65. The average Bonchev–Trinajstić information content (AvgIpc) is 3.72. The predicted octanol–water partition coefficient (Wildman–Crippen LogP) is 13.0. The molecule has 0 unspecified atom stereocenters. The van der Waals surface area contributed by atoms with Crippen LogP contribution in [0.3, 0.4) is 0 Å². The van der Waals surface area contributed by atoms with Crippen molar-refractivity contribution in [1.82, 2.24) is 19.1 Å². The van der Waals surface area contributed by atoms with Gasteiger partial charge in [-0.25, -0.2) is 0 Å². The van der Waals surface area contributed by atoms with Crippen molar-refractivity contribution in [1.29, 1.82) is 0 Å². The minimum absolute atomic E-state index is 0.995. The van der Waals surface area contributed by atoms with Gasteiger partial charge in [0.2, 0.25) is 0 Å². The lowest BCUT2D eigenvalue weighted by Crippen LogP contribution is -2.05. The molecule has 0 fully saturated rings. The maximum atomic E-state index is 4.56. The van der Waals surface area contributed by atoms with Gasteiger partial charge < -0.3 is 9.13 Å². The SMILES string of the molecule is Cc1ccc(-c2ccc3c(c2)c2cc4c(cc2n3-c2cccnc2)-c2cc3c(cc2CC4)c2cc(-c4ccc(C)c(C)c4)ccc2n3-c2cccnc2)cc1C. The van der Waals surface area contributed by atoms with Gasteiger partial charge in [-0.3, -0.25) is 9.97 Å². The number of aryl methyl sites for hydroxylation is 6. The van der Waals surface area contributed by atoms with Crippen molar-refractivity contribution in [3.8, 4) is 44.8 Å². The number of hydrogen-bond donors (Lipinski definition) is 0. The molecule has 0 saturated heterocycles. The van der Waals surface area contributed by atoms with Crippen LogP contribution in [-0.4, -0.2) is 19.1 Å². The van der Waals surface area contributed by atoms with Gasteiger partial charge in [0.1, 0.15) is 0 Å². The fraction of sp³-hybridized carbons (Fsp3) is 0.115. The van der Waals surface area contributed by atoms with Gasteiger partial charge in [0.05, 0.1) is 45.8 Å². The molecule has 0 atom stereocenters. The van der Waals surface area contributed by atoms with Gasteiger partial charge >= 0.3 is 0 Å². The number of hydrogen-bond acceptors (Lipinski definition) is 2. The highest BCUT2D eigenvalue weighted by Gasteiger charge is 2.24. The van der Waals surface area contributed by atoms with E-state index in [0.717, 1.165) is 24.2 Å². The van der Waals surface area contributed by atoms with Crippen LogP contribution in [-0.2, 0) is 12.8 Å². The number of rotatable bonds is 4. The summed E-state index contributed by atoms with van der Waals surface area (Å²) < 4.78 is 4.80. The van der Waals surface area contributed by atoms with Crippen molar-refractivity contribution in [3.05, 3.63) is 179 Å². The Morgan fingerprint density at radius 2 is 0.804 bits per heavy atom. The quantitative estimate of drug-likeness (QED) is 0.181. The molecule has 0 saturated carbocycles. The van der Waals surface area contributed by atoms with E-state index in [-0.39, 0.29) is 0 Å². The molecule has 4 nitrogen and oxygen atoms in total. The lowest BCUT2D eigenvalue weighted by atomic mass is 9.84. The second-order valence-corrected chi connectivity index (χ2v) is 15.7. The van der Waals surface area contributed by atoms with Gasteiger partial charge in [0, 0.05) is 33.9 Å². The zero-order valence-electron chi connectivity index (χ0n) is 32.1. The lowest BCUT2D eigenvalue weighted by Gasteiger charge is -2.21. The Balaban J connectivity index is 1.16. The molecule has 10 aromatic rings. The van der Waals surface area contributed by atoms with Crippen molar-refractivity contribution in [2.45, 2.75) is 40.5 Å². The monoisotopic (exact) mass is 720 g/mol. The first-order valence-corrected chi connectivity index (χ1v) is 19.6. The highest BCUT2D eigenvalue weighted by Crippen LogP contribution is 2.45. The van der Waals surface area contributed by atoms with E-state index in [9.17, 15) is 0 Å². The molecule has 6 aromatic carbocycles. The van der Waals surface area contributed by atoms with Crippen molar-refractivity contribution in [2.24, 2.45) is 0 Å². The molecule has 4 heterocycles. The summed E-state index contributed by atoms with van der Waals surface area (Å²) in [5.41, 5.74) is 22.5. The van der Waals surface area contributed by atoms with Gasteiger partial charge in [-0.15, -0.1) is 0 Å². The Morgan fingerprint density at radius 3 is 1.21 bits per heavy atom. The summed E-state index contributed by atoms with van der Waals surface area (Å²) in [5.74, 6) is 0. The smallest absolute Gasteiger partial charge is 0.0645 e. The number of benzene rings is 6. The number of nitrogens with zero attached hydrogens (tertiary/aromatic N) is 4. The molecule has 0 radical (unpaired) electrons. The Morgan fingerprint density at radius 1 is 0.393 bits per heavy atom. The fourth-order valence-electron chi connectivity index (χ4n) is 9.13. The third kappa shape index (κ3) is 4.99. The Bertz CT molecular complexity index is 3000. The van der Waals surface area contributed by atoms with Crippen LogP contribution in [0.1, 0.15) is 33.4 Å². The van der Waals surface area contributed by atoms with Crippen LogP contribution in [0.5, 0.6) is 0 Å². The van der Waals surface area contributed by atoms with Crippen LogP contribution >= 0.6 is 0 Å². The maximum absolute atomic E-state index is 4.56. The zero-order chi connectivity index (χ0) is 37.7. The first kappa shape index (κ1) is 32.6. The minimum atomic E-state index is 0.995. The van der Waals surface area contributed by atoms with Crippen LogP contribution in [0.4, 0.5) is 0 Å². The molecule has 0 aliphatic heterocycles. The molecular formula is C52H40N4. The third-order valence-electron chi connectivity index (χ3n) is 12.4. The van der Waals surface area contributed by atoms with Gasteiger partial charge in [-0.2, -0.15) is 0 Å². The molecular weight excluding hydrogens is 681 g/mol. The highest BCUT2D eigenvalue weighted by atomic mass is 15.0. The second-order valence-electron chi connectivity index (χ2n) is 15.7. The first-order valence-electron chi connectivity index (χ1n) is 19.6. The Kier molecular flexibility index (Phi) is 7.21. The summed E-state index contributed by atoms with van der Waals surface area (Å²) in [4.78, 5) is 9.12. The second kappa shape index (κ2) is 12.4. The molecule has 56 heavy (non-hydrogen) atoms. The van der Waals surface area contributed by atoms with Crippen LogP contribution in [0.15, 0.2) is 146 Å². The van der Waals surface area contributed by atoms with Crippen molar-refractivity contribution in [3.63, 3.8) is 0 Å². The summed E-state index contributed by atoms with van der Waals surface area (Å²) in [5, 5.41) is 5.09. The average molecular weight is 721 g/mol. The molecule has 4 aromatic heterocycles. The molecule has 1 aliphatic carbocycles. The van der Waals surface area contributed by atoms with E-state index < -0.39 is 0 Å². The van der Waals surface area contributed by atoms with Gasteiger partial charge in [-0.1, -0.05) is 48.5 Å². The lowest BCUT2D eigenvalue weighted by molar-refractivity contribution is 0.946. The van der Waals surface area contributed by atoms with Gasteiger partial charge in [0.15, 0.2) is 0 Å². The third-order valence-corrected chi connectivity index (χ3v) is 12.4. The van der Waals surface area contributed by atoms with Crippen LogP contribution in [0, 0.1) is 27.7 Å². The van der Waals surface area contributed by atoms with Crippen LogP contribution in [0.2, 0.25) is 0 Å². The molecule has 0 bridgehead atoms. The van der Waals surface area contributed by atoms with Gasteiger partial charge in [0.25, 0.3) is 0 Å². The summed E-state index contributed by atoms with van der Waals surface area (Å²) in [6, 6.07) is 45.7. The van der Waals surface area contributed by atoms with E-state index in [2.05, 4.69) is 156 Å². The number of fused-ring (bicyclic) bond motifs is 9. The molecule has 11 rings (SSSR count). The fourth-order valence-corrected chi connectivity index (χ4v) is 9.13. The van der Waals surface area contributed by atoms with Crippen LogP contribution < -0.4 is 0 Å². The first-order chi connectivity index (χ1) is 27.4. The summed E-state index contributed by atoms with van der Waals surface area (Å²) in [6.45, 7) is 8.75. The van der Waals surface area contributed by atoms with Crippen molar-refractivity contribution < 1.29 is 0 Å². The summed E-state index contributed by atoms with van der Waals surface area (Å²) in [7, 11) is 0. The van der Waals surface area contributed by atoms with Gasteiger partial charge in [-0.05, 0) is 180 Å². The minimum Gasteiger partial charge on any atom is -0.308 e. The molecule has 0 N–H and O–H groups in total. The van der Waals surface area contributed by atoms with E-state index in [4.69, 9.17) is 0 Å². The van der Waals surface area contributed by atoms with E-state index >= 15 is 0 Å². The maximum Gasteiger partial charge on any atom is 0.0645 e. The van der Waals surface area contributed by atoms with Crippen molar-refractivity contribution >= 4 is 43.6 Å². The van der Waals surface area contributed by atoms with E-state index in [0.29, 0.717) is 0 Å². The number of aromatic nitrogens is 4. The van der Waals surface area contributed by atoms with Crippen molar-refractivity contribution in [2.75, 3.05) is 0 Å². The zero-order valence-corrected chi connectivity index (χ0v) is 32.1. The normalized spacial score (nSPS) is 12.5. The van der Waals surface area contributed by atoms with E-state index in [1.807, 2.05) is 36.9 Å². The standard InChI is InChI=1S/C52H40N4/c1-31-9-11-35(21-33(31)3)37-15-17-49-45(23-37)47-25-39-13-14-40-26-48-46-24-38(36-12-10-32(2)34(4)22-36)16-18-50(46)56(42-8-6-20-54-30-42)52(48)28-44(40)43(39)27-51(47)55(49)41-7-5-19-53-29-41/h5-12,15-30H,13-14H2,1-4H3.